The van der Waals surface area contributed by atoms with Crippen molar-refractivity contribution in [3.05, 3.63) is 124 Å². The molecule has 4 aromatic rings. The molecule has 1 unspecified atom stereocenters. The molecule has 10 nitrogen and oxygen atoms in total. The highest BCUT2D eigenvalue weighted by molar-refractivity contribution is 7.99. The molecule has 0 saturated heterocycles. The Hall–Kier alpha value is -4.59. The van der Waals surface area contributed by atoms with Crippen molar-refractivity contribution >= 4 is 39.3 Å². The van der Waals surface area contributed by atoms with E-state index < -0.39 is 48.7 Å². The standard InChI is InChI=1S/C28H23FN4O6S2/c29-21-12-10-19(11-13-21)18-6-8-20(9-7-18)26(34)32-41(38,39)23-14-15-24(25(16-23)33(36)37)28(31,27(30)35)17-40-22-4-2-1-3-5-22/h1-16H,17,31H2,(H2,30,35)(H,32,34). The normalized spacial score (nSPS) is 12.7. The van der Waals surface area contributed by atoms with Crippen molar-refractivity contribution in [1.82, 2.24) is 4.72 Å². The molecule has 4 aromatic carbocycles. The van der Waals surface area contributed by atoms with Gasteiger partial charge < -0.3 is 11.5 Å². The van der Waals surface area contributed by atoms with Gasteiger partial charge in [-0.1, -0.05) is 42.5 Å². The number of halogens is 1. The minimum Gasteiger partial charge on any atom is -0.368 e. The molecule has 4 rings (SSSR count). The molecule has 0 aliphatic rings. The van der Waals surface area contributed by atoms with Gasteiger partial charge in [0.2, 0.25) is 5.91 Å². The minimum atomic E-state index is -4.58. The van der Waals surface area contributed by atoms with Crippen molar-refractivity contribution < 1.29 is 27.3 Å². The summed E-state index contributed by atoms with van der Waals surface area (Å²) < 4.78 is 41.1. The number of nitro groups is 1. The van der Waals surface area contributed by atoms with Crippen LogP contribution in [0.25, 0.3) is 11.1 Å². The largest absolute Gasteiger partial charge is 0.368 e. The Labute approximate surface area is 238 Å². The first-order valence-electron chi connectivity index (χ1n) is 11.9. The molecule has 2 amide bonds. The Morgan fingerprint density at radius 2 is 1.51 bits per heavy atom. The van der Waals surface area contributed by atoms with Gasteiger partial charge in [-0.15, -0.1) is 11.8 Å². The summed E-state index contributed by atoms with van der Waals surface area (Å²) in [5, 5.41) is 11.9. The maximum atomic E-state index is 13.2. The zero-order chi connectivity index (χ0) is 29.8. The Balaban J connectivity index is 1.58. The smallest absolute Gasteiger partial charge is 0.276 e. The topological polar surface area (TPSA) is 175 Å². The fraction of sp³-hybridized carbons (Fsp3) is 0.0714. The number of benzene rings is 4. The molecule has 13 heteroatoms. The first-order valence-corrected chi connectivity index (χ1v) is 14.4. The van der Waals surface area contributed by atoms with Crippen LogP contribution in [0, 0.1) is 15.9 Å². The minimum absolute atomic E-state index is 0.00167. The van der Waals surface area contributed by atoms with Crippen LogP contribution in [0.3, 0.4) is 0 Å². The molecule has 0 heterocycles. The fourth-order valence-electron chi connectivity index (χ4n) is 3.90. The zero-order valence-corrected chi connectivity index (χ0v) is 22.8. The summed E-state index contributed by atoms with van der Waals surface area (Å²) in [6, 6.07) is 23.2. The Morgan fingerprint density at radius 3 is 2.07 bits per heavy atom. The van der Waals surface area contributed by atoms with Crippen LogP contribution < -0.4 is 16.2 Å². The van der Waals surface area contributed by atoms with Crippen LogP contribution in [-0.4, -0.2) is 30.9 Å². The average molecular weight is 595 g/mol. The van der Waals surface area contributed by atoms with Crippen molar-refractivity contribution in [3.63, 3.8) is 0 Å². The Bertz CT molecular complexity index is 1720. The second-order valence-electron chi connectivity index (χ2n) is 8.89. The number of hydrogen-bond acceptors (Lipinski definition) is 8. The van der Waals surface area contributed by atoms with Gasteiger partial charge in [-0.25, -0.2) is 17.5 Å². The number of carbonyl (C=O) groups is 2. The van der Waals surface area contributed by atoms with Crippen LogP contribution in [0.1, 0.15) is 15.9 Å². The van der Waals surface area contributed by atoms with E-state index in [1.165, 1.54) is 24.3 Å². The lowest BCUT2D eigenvalue weighted by atomic mass is 9.91. The van der Waals surface area contributed by atoms with Crippen molar-refractivity contribution in [1.29, 1.82) is 0 Å². The molecule has 0 spiro atoms. The van der Waals surface area contributed by atoms with Crippen LogP contribution in [0.15, 0.2) is 107 Å². The van der Waals surface area contributed by atoms with E-state index in [0.29, 0.717) is 11.1 Å². The maximum absolute atomic E-state index is 13.2. The molecule has 0 aliphatic carbocycles. The van der Waals surface area contributed by atoms with Crippen molar-refractivity contribution in [2.24, 2.45) is 11.5 Å². The number of nitrogens with zero attached hydrogens (tertiary/aromatic N) is 1. The number of primary amides is 1. The number of sulfonamides is 1. The number of nitro benzene ring substituents is 1. The summed E-state index contributed by atoms with van der Waals surface area (Å²) in [7, 11) is -4.58. The van der Waals surface area contributed by atoms with Gasteiger partial charge in [0.1, 0.15) is 11.4 Å². The molecule has 210 valence electrons. The van der Waals surface area contributed by atoms with E-state index in [2.05, 4.69) is 0 Å². The number of nitrogens with one attached hydrogen (secondary N) is 1. The molecular weight excluding hydrogens is 571 g/mol. The van der Waals surface area contributed by atoms with Gasteiger partial charge in [0.15, 0.2) is 0 Å². The van der Waals surface area contributed by atoms with Crippen LogP contribution in [0.2, 0.25) is 0 Å². The third-order valence-corrected chi connectivity index (χ3v) is 8.69. The van der Waals surface area contributed by atoms with Gasteiger partial charge in [0.25, 0.3) is 21.6 Å². The first kappa shape index (κ1) is 29.4. The lowest BCUT2D eigenvalue weighted by molar-refractivity contribution is -0.386. The maximum Gasteiger partial charge on any atom is 0.276 e. The summed E-state index contributed by atoms with van der Waals surface area (Å²) in [4.78, 5) is 36.3. The molecular formula is C28H23FN4O6S2. The van der Waals surface area contributed by atoms with Gasteiger partial charge in [-0.05, 0) is 59.7 Å². The SMILES string of the molecule is NC(=O)C(N)(CSc1ccccc1)c1ccc(S(=O)(=O)NC(=O)c2ccc(-c3ccc(F)cc3)cc2)cc1[N+](=O)[O-]. The lowest BCUT2D eigenvalue weighted by Crippen LogP contribution is -2.51. The predicted octanol–water partition coefficient (Wildman–Crippen LogP) is 3.95. The summed E-state index contributed by atoms with van der Waals surface area (Å²) in [5.74, 6) is -2.59. The summed E-state index contributed by atoms with van der Waals surface area (Å²) in [6.45, 7) is 0. The Kier molecular flexibility index (Phi) is 8.52. The highest BCUT2D eigenvalue weighted by atomic mass is 32.2. The van der Waals surface area contributed by atoms with Crippen molar-refractivity contribution in [3.8, 4) is 11.1 Å². The molecule has 0 saturated carbocycles. The summed E-state index contributed by atoms with van der Waals surface area (Å²) >= 11 is 1.15. The number of nitrogens with two attached hydrogens (primary N) is 2. The highest BCUT2D eigenvalue weighted by Gasteiger charge is 2.40. The van der Waals surface area contributed by atoms with E-state index in [4.69, 9.17) is 11.5 Å². The van der Waals surface area contributed by atoms with Crippen LogP contribution in [0.4, 0.5) is 10.1 Å². The van der Waals surface area contributed by atoms with Crippen LogP contribution >= 0.6 is 11.8 Å². The van der Waals surface area contributed by atoms with Crippen molar-refractivity contribution in [2.75, 3.05) is 5.75 Å². The number of hydrogen-bond donors (Lipinski definition) is 3. The van der Waals surface area contributed by atoms with E-state index in [0.717, 1.165) is 34.9 Å². The number of rotatable bonds is 10. The molecule has 0 radical (unpaired) electrons. The van der Waals surface area contributed by atoms with Crippen LogP contribution in [0.5, 0.6) is 0 Å². The molecule has 0 fully saturated rings. The second kappa shape index (κ2) is 11.9. The molecule has 0 bridgehead atoms. The van der Waals surface area contributed by atoms with E-state index in [-0.39, 0.29) is 16.9 Å². The molecule has 5 N–H and O–H groups in total. The zero-order valence-electron chi connectivity index (χ0n) is 21.2. The summed E-state index contributed by atoms with van der Waals surface area (Å²) in [6.07, 6.45) is 0. The van der Waals surface area contributed by atoms with E-state index >= 15 is 0 Å². The third-order valence-electron chi connectivity index (χ3n) is 6.16. The molecule has 0 aromatic heterocycles. The molecule has 41 heavy (non-hydrogen) atoms. The number of thioether (sulfide) groups is 1. The van der Waals surface area contributed by atoms with Gasteiger partial charge in [-0.2, -0.15) is 0 Å². The quantitative estimate of drug-likeness (QED) is 0.140. The second-order valence-corrected chi connectivity index (χ2v) is 11.6. The monoisotopic (exact) mass is 594 g/mol. The number of carbonyl (C=O) groups excluding carboxylic acids is 2. The van der Waals surface area contributed by atoms with Crippen LogP contribution in [-0.2, 0) is 20.4 Å². The first-order chi connectivity index (χ1) is 19.4. The van der Waals surface area contributed by atoms with E-state index in [9.17, 15) is 32.5 Å². The van der Waals surface area contributed by atoms with Gasteiger partial charge in [0.05, 0.1) is 15.4 Å². The molecule has 1 atom stereocenters. The van der Waals surface area contributed by atoms with E-state index in [1.807, 2.05) is 4.72 Å². The highest BCUT2D eigenvalue weighted by Crippen LogP contribution is 2.35. The summed E-state index contributed by atoms with van der Waals surface area (Å²) in [5.41, 5.74) is 10.2. The predicted molar refractivity (Wildman–Crippen MR) is 152 cm³/mol. The molecule has 0 aliphatic heterocycles. The number of amides is 2. The third kappa shape index (κ3) is 6.60. The lowest BCUT2D eigenvalue weighted by Gasteiger charge is -2.26. The fourth-order valence-corrected chi connectivity index (χ4v) is 5.93. The van der Waals surface area contributed by atoms with Crippen molar-refractivity contribution in [2.45, 2.75) is 15.3 Å². The van der Waals surface area contributed by atoms with Gasteiger partial charge in [0, 0.05) is 22.3 Å². The Morgan fingerprint density at radius 1 is 0.927 bits per heavy atom. The van der Waals surface area contributed by atoms with E-state index in [1.54, 1.807) is 54.6 Å². The average Bonchev–Trinajstić information content (AvgIpc) is 2.96. The van der Waals surface area contributed by atoms with Gasteiger partial charge >= 0.3 is 0 Å². The van der Waals surface area contributed by atoms with Gasteiger partial charge in [-0.3, -0.25) is 19.7 Å².